The molecule has 0 saturated carbocycles. The second-order valence-electron chi connectivity index (χ2n) is 8.76. The third-order valence-corrected chi connectivity index (χ3v) is 6.83. The van der Waals surface area contributed by atoms with Crippen LogP contribution in [0.15, 0.2) is 28.2 Å². The lowest BCUT2D eigenvalue weighted by Crippen LogP contribution is -2.46. The van der Waals surface area contributed by atoms with Crippen LogP contribution >= 0.6 is 0 Å². The molecule has 0 amide bonds. The minimum absolute atomic E-state index is 0.0914. The summed E-state index contributed by atoms with van der Waals surface area (Å²) in [6, 6.07) is 6.41. The van der Waals surface area contributed by atoms with Crippen molar-refractivity contribution in [3.63, 3.8) is 0 Å². The van der Waals surface area contributed by atoms with Gasteiger partial charge in [0.1, 0.15) is 5.75 Å². The summed E-state index contributed by atoms with van der Waals surface area (Å²) in [6.07, 6.45) is 1.88. The number of likely N-dealkylation sites (tertiary alicyclic amines) is 1. The van der Waals surface area contributed by atoms with Crippen LogP contribution in [0.25, 0.3) is 11.1 Å². The van der Waals surface area contributed by atoms with Crippen LogP contribution < -0.4 is 4.74 Å². The molecule has 3 atom stereocenters. The second kappa shape index (κ2) is 8.42. The van der Waals surface area contributed by atoms with Crippen molar-refractivity contribution in [3.8, 4) is 16.9 Å². The first kappa shape index (κ1) is 21.3. The zero-order valence-corrected chi connectivity index (χ0v) is 19.5. The number of aromatic nitrogens is 2. The SMILES string of the molecule is COC[C@@H]1C[C@@H](OC)CN1C1C2=NCCC2=Nc2c(-c3ccc(OC)cc3C)c(C)nn21. The van der Waals surface area contributed by atoms with Gasteiger partial charge in [-0.2, -0.15) is 5.10 Å². The van der Waals surface area contributed by atoms with Crippen LogP contribution in [0.4, 0.5) is 5.82 Å². The molecule has 0 radical (unpaired) electrons. The van der Waals surface area contributed by atoms with E-state index in [1.54, 1.807) is 21.3 Å². The van der Waals surface area contributed by atoms with Gasteiger partial charge in [0, 0.05) is 45.3 Å². The zero-order chi connectivity index (χ0) is 22.4. The number of hydrogen-bond acceptors (Lipinski definition) is 7. The summed E-state index contributed by atoms with van der Waals surface area (Å²) in [5.41, 5.74) is 6.44. The van der Waals surface area contributed by atoms with E-state index in [9.17, 15) is 0 Å². The Morgan fingerprint density at radius 1 is 1.16 bits per heavy atom. The largest absolute Gasteiger partial charge is 0.497 e. The standard InChI is InChI=1S/C24H31N5O3/c1-14-10-17(31-4)6-7-19(14)21-15(2)27-29-23(21)26-20-8-9-25-22(20)24(29)28-12-18(32-5)11-16(28)13-30-3/h6-7,10,16,18,24H,8-9,11-13H2,1-5H3/t16-,18+,24?/m0/s1. The van der Waals surface area contributed by atoms with Gasteiger partial charge in [-0.1, -0.05) is 6.07 Å². The Morgan fingerprint density at radius 3 is 2.72 bits per heavy atom. The van der Waals surface area contributed by atoms with Crippen LogP contribution in [0.3, 0.4) is 0 Å². The molecule has 0 aliphatic carbocycles. The van der Waals surface area contributed by atoms with Crippen molar-refractivity contribution in [1.82, 2.24) is 14.7 Å². The number of aliphatic imine (C=N–C) groups is 2. The average Bonchev–Trinajstić information content (AvgIpc) is 3.49. The maximum absolute atomic E-state index is 5.74. The van der Waals surface area contributed by atoms with E-state index in [2.05, 4.69) is 35.6 Å². The molecular formula is C24H31N5O3. The van der Waals surface area contributed by atoms with Gasteiger partial charge in [0.25, 0.3) is 0 Å². The number of methoxy groups -OCH3 is 3. The fourth-order valence-corrected chi connectivity index (χ4v) is 5.28. The van der Waals surface area contributed by atoms with E-state index in [1.807, 2.05) is 6.07 Å². The molecule has 3 aliphatic rings. The highest BCUT2D eigenvalue weighted by Crippen LogP contribution is 2.43. The van der Waals surface area contributed by atoms with Gasteiger partial charge in [-0.15, -0.1) is 0 Å². The van der Waals surface area contributed by atoms with Gasteiger partial charge in [0.05, 0.1) is 36.9 Å². The first-order valence-corrected chi connectivity index (χ1v) is 11.2. The van der Waals surface area contributed by atoms with E-state index in [0.717, 1.165) is 71.3 Å². The molecule has 5 rings (SSSR count). The van der Waals surface area contributed by atoms with Gasteiger partial charge in [-0.3, -0.25) is 9.89 Å². The number of nitrogens with zero attached hydrogens (tertiary/aromatic N) is 5. The highest BCUT2D eigenvalue weighted by molar-refractivity contribution is 6.46. The van der Waals surface area contributed by atoms with Crippen molar-refractivity contribution in [1.29, 1.82) is 0 Å². The molecular weight excluding hydrogens is 406 g/mol. The van der Waals surface area contributed by atoms with Gasteiger partial charge < -0.3 is 14.2 Å². The molecule has 1 fully saturated rings. The van der Waals surface area contributed by atoms with Crippen molar-refractivity contribution in [3.05, 3.63) is 29.5 Å². The smallest absolute Gasteiger partial charge is 0.161 e. The lowest BCUT2D eigenvalue weighted by molar-refractivity contribution is 0.0791. The van der Waals surface area contributed by atoms with E-state index < -0.39 is 0 Å². The van der Waals surface area contributed by atoms with Gasteiger partial charge in [-0.25, -0.2) is 9.67 Å². The molecule has 170 valence electrons. The fraction of sp³-hybridized carbons (Fsp3) is 0.542. The van der Waals surface area contributed by atoms with Crippen molar-refractivity contribution in [2.75, 3.05) is 41.0 Å². The van der Waals surface area contributed by atoms with E-state index in [1.165, 1.54) is 0 Å². The molecule has 1 aromatic carbocycles. The number of fused-ring (bicyclic) bond motifs is 2. The molecule has 32 heavy (non-hydrogen) atoms. The number of hydrogen-bond donors (Lipinski definition) is 0. The van der Waals surface area contributed by atoms with Crippen LogP contribution in [0, 0.1) is 13.8 Å². The number of rotatable bonds is 6. The Balaban J connectivity index is 1.64. The molecule has 3 aliphatic heterocycles. The first-order valence-electron chi connectivity index (χ1n) is 11.2. The molecule has 8 nitrogen and oxygen atoms in total. The summed E-state index contributed by atoms with van der Waals surface area (Å²) in [6.45, 7) is 6.41. The summed E-state index contributed by atoms with van der Waals surface area (Å²) in [7, 11) is 5.24. The zero-order valence-electron chi connectivity index (χ0n) is 19.5. The summed E-state index contributed by atoms with van der Waals surface area (Å²) in [5.74, 6) is 1.76. The van der Waals surface area contributed by atoms with E-state index in [4.69, 9.17) is 29.3 Å². The highest BCUT2D eigenvalue weighted by atomic mass is 16.5. The van der Waals surface area contributed by atoms with E-state index in [-0.39, 0.29) is 18.3 Å². The van der Waals surface area contributed by atoms with Crippen LogP contribution in [0.2, 0.25) is 0 Å². The van der Waals surface area contributed by atoms with Gasteiger partial charge >= 0.3 is 0 Å². The van der Waals surface area contributed by atoms with Gasteiger partial charge in [0.15, 0.2) is 12.0 Å². The molecule has 0 N–H and O–H groups in total. The predicted molar refractivity (Wildman–Crippen MR) is 125 cm³/mol. The molecule has 1 unspecified atom stereocenters. The van der Waals surface area contributed by atoms with Crippen molar-refractivity contribution in [2.24, 2.45) is 9.98 Å². The van der Waals surface area contributed by atoms with Crippen LogP contribution in [-0.4, -0.2) is 79.3 Å². The third kappa shape index (κ3) is 3.37. The molecule has 0 spiro atoms. The Hall–Kier alpha value is -2.55. The number of benzene rings is 1. The molecule has 1 aromatic heterocycles. The van der Waals surface area contributed by atoms with Crippen LogP contribution in [-0.2, 0) is 9.47 Å². The van der Waals surface area contributed by atoms with Gasteiger partial charge in [-0.05, 0) is 43.5 Å². The average molecular weight is 438 g/mol. The normalized spacial score (nSPS) is 24.8. The summed E-state index contributed by atoms with van der Waals surface area (Å²) < 4.78 is 18.8. The first-order chi connectivity index (χ1) is 15.5. The Kier molecular flexibility index (Phi) is 5.61. The predicted octanol–water partition coefficient (Wildman–Crippen LogP) is 3.34. The molecule has 4 heterocycles. The van der Waals surface area contributed by atoms with E-state index in [0.29, 0.717) is 6.61 Å². The lowest BCUT2D eigenvalue weighted by atomic mass is 9.99. The summed E-state index contributed by atoms with van der Waals surface area (Å²) in [5, 5.41) is 5.02. The Bertz CT molecular complexity index is 1090. The van der Waals surface area contributed by atoms with Crippen LogP contribution in [0.1, 0.15) is 30.3 Å². The topological polar surface area (TPSA) is 73.5 Å². The quantitative estimate of drug-likeness (QED) is 0.693. The minimum atomic E-state index is -0.0914. The third-order valence-electron chi connectivity index (χ3n) is 6.83. The monoisotopic (exact) mass is 437 g/mol. The van der Waals surface area contributed by atoms with Crippen molar-refractivity contribution < 1.29 is 14.2 Å². The number of aryl methyl sites for hydroxylation is 2. The van der Waals surface area contributed by atoms with Crippen molar-refractivity contribution in [2.45, 2.75) is 45.0 Å². The molecule has 8 heteroatoms. The molecule has 0 bridgehead atoms. The highest BCUT2D eigenvalue weighted by Gasteiger charge is 2.44. The number of ether oxygens (including phenoxy) is 3. The van der Waals surface area contributed by atoms with Crippen LogP contribution in [0.5, 0.6) is 5.75 Å². The summed E-state index contributed by atoms with van der Waals surface area (Å²) >= 11 is 0. The van der Waals surface area contributed by atoms with Gasteiger partial charge in [0.2, 0.25) is 0 Å². The minimum Gasteiger partial charge on any atom is -0.497 e. The molecule has 2 aromatic rings. The maximum atomic E-state index is 5.74. The Morgan fingerprint density at radius 2 is 2.00 bits per heavy atom. The summed E-state index contributed by atoms with van der Waals surface area (Å²) in [4.78, 5) is 12.4. The molecule has 1 saturated heterocycles. The lowest BCUT2D eigenvalue weighted by Gasteiger charge is -2.35. The fourth-order valence-electron chi connectivity index (χ4n) is 5.28. The second-order valence-corrected chi connectivity index (χ2v) is 8.76. The van der Waals surface area contributed by atoms with E-state index >= 15 is 0 Å². The Labute approximate surface area is 188 Å². The van der Waals surface area contributed by atoms with Crippen molar-refractivity contribution >= 4 is 17.2 Å². The maximum Gasteiger partial charge on any atom is 0.161 e.